The van der Waals surface area contributed by atoms with E-state index in [0.29, 0.717) is 32.0 Å². The van der Waals surface area contributed by atoms with E-state index in [1.165, 1.54) is 0 Å². The molecule has 0 aliphatic carbocycles. The second-order valence-corrected chi connectivity index (χ2v) is 7.03. The molecular weight excluding hydrogens is 306 g/mol. The average Bonchev–Trinajstić information content (AvgIpc) is 3.11. The summed E-state index contributed by atoms with van der Waals surface area (Å²) in [4.78, 5) is 26.7. The van der Waals surface area contributed by atoms with Crippen molar-refractivity contribution in [1.82, 2.24) is 10.2 Å². The van der Waals surface area contributed by atoms with E-state index in [9.17, 15) is 9.59 Å². The third-order valence-electron chi connectivity index (χ3n) is 4.98. The highest BCUT2D eigenvalue weighted by Gasteiger charge is 2.52. The maximum atomic E-state index is 12.6. The van der Waals surface area contributed by atoms with Gasteiger partial charge in [0.05, 0.1) is 12.5 Å². The Morgan fingerprint density at radius 3 is 2.96 bits per heavy atom. The molecule has 2 aliphatic heterocycles. The number of likely N-dealkylation sites (tertiary alicyclic amines) is 1. The number of ether oxygens (including phenoxy) is 1. The molecule has 6 nitrogen and oxygen atoms in total. The first kappa shape index (κ1) is 16.6. The lowest BCUT2D eigenvalue weighted by Crippen LogP contribution is -2.43. The summed E-state index contributed by atoms with van der Waals surface area (Å²) in [5.41, 5.74) is 1.10. The van der Waals surface area contributed by atoms with Crippen LogP contribution in [0.15, 0.2) is 18.2 Å². The second-order valence-electron chi connectivity index (χ2n) is 7.03. The van der Waals surface area contributed by atoms with Crippen molar-refractivity contribution in [2.45, 2.75) is 32.1 Å². The number of hydrogen-bond acceptors (Lipinski definition) is 3. The summed E-state index contributed by atoms with van der Waals surface area (Å²) in [6, 6.07) is 5.53. The van der Waals surface area contributed by atoms with E-state index < -0.39 is 5.41 Å². The van der Waals surface area contributed by atoms with Gasteiger partial charge in [0.1, 0.15) is 5.75 Å². The molecule has 1 saturated heterocycles. The highest BCUT2D eigenvalue weighted by Crippen LogP contribution is 2.45. The van der Waals surface area contributed by atoms with E-state index in [2.05, 4.69) is 24.5 Å². The molecule has 1 aromatic carbocycles. The first-order valence-corrected chi connectivity index (χ1v) is 8.49. The zero-order valence-electron chi connectivity index (χ0n) is 14.5. The average molecular weight is 331 g/mol. The fourth-order valence-corrected chi connectivity index (χ4v) is 3.49. The summed E-state index contributed by atoms with van der Waals surface area (Å²) >= 11 is 0. The quantitative estimate of drug-likeness (QED) is 0.890. The molecule has 1 spiro atoms. The number of nitrogens with one attached hydrogen (secondary N) is 2. The Balaban J connectivity index is 1.74. The van der Waals surface area contributed by atoms with Crippen molar-refractivity contribution in [2.75, 3.05) is 32.1 Å². The molecule has 0 radical (unpaired) electrons. The van der Waals surface area contributed by atoms with E-state index in [0.717, 1.165) is 23.4 Å². The third kappa shape index (κ3) is 2.81. The van der Waals surface area contributed by atoms with Gasteiger partial charge >= 0.3 is 6.03 Å². The summed E-state index contributed by atoms with van der Waals surface area (Å²) in [6.07, 6.45) is 1.59. The van der Waals surface area contributed by atoms with Gasteiger partial charge in [-0.3, -0.25) is 4.79 Å². The molecule has 1 atom stereocenters. The van der Waals surface area contributed by atoms with Crippen LogP contribution in [-0.2, 0) is 10.2 Å². The van der Waals surface area contributed by atoms with Crippen molar-refractivity contribution >= 4 is 17.6 Å². The fourth-order valence-electron chi connectivity index (χ4n) is 3.49. The van der Waals surface area contributed by atoms with Gasteiger partial charge in [0.2, 0.25) is 5.91 Å². The molecule has 2 N–H and O–H groups in total. The molecular formula is C18H25N3O3. The number of hydrogen-bond donors (Lipinski definition) is 2. The minimum Gasteiger partial charge on any atom is -0.497 e. The van der Waals surface area contributed by atoms with Crippen LogP contribution in [-0.4, -0.2) is 43.6 Å². The number of anilines is 1. The molecule has 0 saturated carbocycles. The normalized spacial score (nSPS) is 22.0. The number of urea groups is 1. The Bertz CT molecular complexity index is 659. The first-order chi connectivity index (χ1) is 11.5. The largest absolute Gasteiger partial charge is 0.497 e. The van der Waals surface area contributed by atoms with Gasteiger partial charge in [0.15, 0.2) is 0 Å². The van der Waals surface area contributed by atoms with Crippen molar-refractivity contribution in [1.29, 1.82) is 0 Å². The Morgan fingerprint density at radius 1 is 1.46 bits per heavy atom. The van der Waals surface area contributed by atoms with Gasteiger partial charge in [0.25, 0.3) is 0 Å². The highest BCUT2D eigenvalue weighted by atomic mass is 16.5. The molecule has 130 valence electrons. The maximum Gasteiger partial charge on any atom is 0.317 e. The van der Waals surface area contributed by atoms with Crippen molar-refractivity contribution in [3.8, 4) is 5.75 Å². The third-order valence-corrected chi connectivity index (χ3v) is 4.98. The van der Waals surface area contributed by atoms with E-state index in [-0.39, 0.29) is 11.9 Å². The van der Waals surface area contributed by atoms with Crippen molar-refractivity contribution < 1.29 is 14.3 Å². The van der Waals surface area contributed by atoms with E-state index >= 15 is 0 Å². The molecule has 2 aliphatic rings. The van der Waals surface area contributed by atoms with Crippen LogP contribution in [0.2, 0.25) is 0 Å². The lowest BCUT2D eigenvalue weighted by atomic mass is 9.81. The Labute approximate surface area is 142 Å². The fraction of sp³-hybridized carbons (Fsp3) is 0.556. The number of nitrogens with zero attached hydrogens (tertiary/aromatic N) is 1. The summed E-state index contributed by atoms with van der Waals surface area (Å²) in [7, 11) is 1.61. The predicted octanol–water partition coefficient (Wildman–Crippen LogP) is 2.35. The molecule has 2 heterocycles. The number of amides is 3. The molecule has 0 aromatic heterocycles. The molecule has 1 aromatic rings. The molecule has 1 fully saturated rings. The summed E-state index contributed by atoms with van der Waals surface area (Å²) in [6.45, 7) is 5.91. The second kappa shape index (κ2) is 6.34. The Morgan fingerprint density at radius 2 is 2.25 bits per heavy atom. The molecule has 1 unspecified atom stereocenters. The van der Waals surface area contributed by atoms with Crippen LogP contribution in [0.5, 0.6) is 5.75 Å². The molecule has 24 heavy (non-hydrogen) atoms. The minimum absolute atomic E-state index is 0.0248. The van der Waals surface area contributed by atoms with E-state index in [4.69, 9.17) is 4.74 Å². The smallest absolute Gasteiger partial charge is 0.317 e. The first-order valence-electron chi connectivity index (χ1n) is 8.49. The van der Waals surface area contributed by atoms with Crippen LogP contribution in [0.1, 0.15) is 32.3 Å². The predicted molar refractivity (Wildman–Crippen MR) is 92.3 cm³/mol. The molecule has 3 amide bonds. The lowest BCUT2D eigenvalue weighted by Gasteiger charge is -2.23. The van der Waals surface area contributed by atoms with Crippen molar-refractivity contribution in [3.63, 3.8) is 0 Å². The zero-order chi connectivity index (χ0) is 17.3. The van der Waals surface area contributed by atoms with E-state index in [1.54, 1.807) is 12.0 Å². The molecule has 3 rings (SSSR count). The van der Waals surface area contributed by atoms with Gasteiger partial charge in [-0.25, -0.2) is 4.79 Å². The van der Waals surface area contributed by atoms with Gasteiger partial charge in [-0.1, -0.05) is 13.8 Å². The van der Waals surface area contributed by atoms with Crippen LogP contribution >= 0.6 is 0 Å². The Kier molecular flexibility index (Phi) is 4.39. The van der Waals surface area contributed by atoms with Gasteiger partial charge in [-0.05, 0) is 42.5 Å². The van der Waals surface area contributed by atoms with Crippen LogP contribution < -0.4 is 15.4 Å². The number of methoxy groups -OCH3 is 1. The maximum absolute atomic E-state index is 12.6. The Hall–Kier alpha value is -2.24. The van der Waals surface area contributed by atoms with Crippen LogP contribution in [0.25, 0.3) is 0 Å². The number of rotatable bonds is 4. The molecule has 6 heteroatoms. The van der Waals surface area contributed by atoms with E-state index in [1.807, 2.05) is 18.2 Å². The van der Waals surface area contributed by atoms with Gasteiger partial charge < -0.3 is 20.3 Å². The highest BCUT2D eigenvalue weighted by molar-refractivity contribution is 6.07. The van der Waals surface area contributed by atoms with Crippen molar-refractivity contribution in [3.05, 3.63) is 23.8 Å². The van der Waals surface area contributed by atoms with Gasteiger partial charge in [-0.15, -0.1) is 0 Å². The molecule has 0 bridgehead atoms. The number of carbonyl (C=O) groups excluding carboxylic acids is 2. The van der Waals surface area contributed by atoms with Crippen LogP contribution in [0.3, 0.4) is 0 Å². The monoisotopic (exact) mass is 331 g/mol. The number of fused-ring (bicyclic) bond motifs is 2. The zero-order valence-corrected chi connectivity index (χ0v) is 14.5. The minimum atomic E-state index is -0.654. The van der Waals surface area contributed by atoms with Gasteiger partial charge in [-0.2, -0.15) is 0 Å². The topological polar surface area (TPSA) is 70.7 Å². The van der Waals surface area contributed by atoms with Crippen LogP contribution in [0, 0.1) is 5.92 Å². The summed E-state index contributed by atoms with van der Waals surface area (Å²) in [5.74, 6) is 1.25. The summed E-state index contributed by atoms with van der Waals surface area (Å²) < 4.78 is 5.30. The SMILES string of the molecule is COc1ccc2c(c1)C1(CCN(C(=O)NCCC(C)C)C1)C(=O)N2. The standard InChI is InChI=1S/C18H25N3O3/c1-12(2)6-8-19-17(23)21-9-7-18(11-21)14-10-13(24-3)4-5-15(14)20-16(18)22/h4-5,10,12H,6-9,11H2,1-3H3,(H,19,23)(H,20,22). The van der Waals surface area contributed by atoms with Gasteiger partial charge in [0, 0.05) is 25.3 Å². The van der Waals surface area contributed by atoms with Crippen LogP contribution in [0.4, 0.5) is 10.5 Å². The lowest BCUT2D eigenvalue weighted by molar-refractivity contribution is -0.120. The van der Waals surface area contributed by atoms with Crippen molar-refractivity contribution in [2.24, 2.45) is 5.92 Å². The number of benzene rings is 1. The number of carbonyl (C=O) groups is 2. The summed E-state index contributed by atoms with van der Waals surface area (Å²) in [5, 5.41) is 5.90.